The number of fused-ring (bicyclic) bond motifs is 1. The Labute approximate surface area is 257 Å². The summed E-state index contributed by atoms with van der Waals surface area (Å²) in [5.41, 5.74) is 3.32. The third-order valence-corrected chi connectivity index (χ3v) is 10.5. The van der Waals surface area contributed by atoms with E-state index in [2.05, 4.69) is 44.2 Å². The second-order valence-corrected chi connectivity index (χ2v) is 13.0. The molecule has 0 aliphatic heterocycles. The quantitative estimate of drug-likeness (QED) is 0.213. The molecule has 0 N–H and O–H groups in total. The van der Waals surface area contributed by atoms with Crippen LogP contribution in [0.15, 0.2) is 90.5 Å². The summed E-state index contributed by atoms with van der Waals surface area (Å²) >= 11 is 0. The van der Waals surface area contributed by atoms with Crippen LogP contribution in [0.25, 0.3) is 0 Å². The van der Waals surface area contributed by atoms with Gasteiger partial charge in [-0.2, -0.15) is 0 Å². The van der Waals surface area contributed by atoms with Crippen LogP contribution < -0.4 is 9.47 Å². The molecule has 0 bridgehead atoms. The van der Waals surface area contributed by atoms with Gasteiger partial charge in [0.2, 0.25) is 0 Å². The third kappa shape index (κ3) is 6.64. The summed E-state index contributed by atoms with van der Waals surface area (Å²) in [4.78, 5) is 27.2. The summed E-state index contributed by atoms with van der Waals surface area (Å²) < 4.78 is 12.7. The molecule has 226 valence electrons. The van der Waals surface area contributed by atoms with E-state index in [1.165, 1.54) is 0 Å². The Morgan fingerprint density at radius 1 is 0.930 bits per heavy atom. The first-order valence-electron chi connectivity index (χ1n) is 15.9. The van der Waals surface area contributed by atoms with Crippen LogP contribution in [0.5, 0.6) is 11.5 Å². The van der Waals surface area contributed by atoms with E-state index in [0.717, 1.165) is 65.9 Å². The van der Waals surface area contributed by atoms with Crippen molar-refractivity contribution in [1.29, 1.82) is 0 Å². The van der Waals surface area contributed by atoms with Crippen molar-refractivity contribution in [2.24, 2.45) is 22.7 Å². The topological polar surface area (TPSA) is 52.6 Å². The van der Waals surface area contributed by atoms with Gasteiger partial charge in [0.1, 0.15) is 30.5 Å². The molecule has 2 saturated carbocycles. The highest BCUT2D eigenvalue weighted by Crippen LogP contribution is 2.61. The minimum Gasteiger partial charge on any atom is -0.489 e. The molecule has 0 spiro atoms. The lowest BCUT2D eigenvalue weighted by molar-refractivity contribution is -0.155. The Bertz CT molecular complexity index is 1440. The molecular formula is C39H46O4. The van der Waals surface area contributed by atoms with E-state index in [1.54, 1.807) is 0 Å². The van der Waals surface area contributed by atoms with E-state index in [4.69, 9.17) is 9.47 Å². The Hall–Kier alpha value is -3.66. The van der Waals surface area contributed by atoms with Crippen molar-refractivity contribution in [1.82, 2.24) is 0 Å². The molecule has 0 amide bonds. The van der Waals surface area contributed by atoms with E-state index in [-0.39, 0.29) is 17.1 Å². The SMILES string of the molecule is C/C=C(\C)C(=O)C[C@@]12CC[C@@H](C)[C@@](C)(Cc3cc(OCc4ccccc4)ccc3OCc3ccccc3)[C@@H]1CCCC2=O. The molecule has 43 heavy (non-hydrogen) atoms. The molecule has 4 heteroatoms. The minimum absolute atomic E-state index is 0.114. The third-order valence-electron chi connectivity index (χ3n) is 10.5. The summed E-state index contributed by atoms with van der Waals surface area (Å²) in [5.74, 6) is 2.59. The lowest BCUT2D eigenvalue weighted by Gasteiger charge is -2.58. The van der Waals surface area contributed by atoms with Crippen LogP contribution in [0.2, 0.25) is 0 Å². The molecule has 3 aromatic carbocycles. The first kappa shape index (κ1) is 30.8. The summed E-state index contributed by atoms with van der Waals surface area (Å²) in [5, 5.41) is 0. The molecule has 0 aromatic heterocycles. The summed E-state index contributed by atoms with van der Waals surface area (Å²) in [6, 6.07) is 26.6. The predicted octanol–water partition coefficient (Wildman–Crippen LogP) is 9.10. The van der Waals surface area contributed by atoms with Crippen molar-refractivity contribution >= 4 is 11.6 Å². The second kappa shape index (κ2) is 13.3. The molecular weight excluding hydrogens is 532 g/mol. The average Bonchev–Trinajstić information content (AvgIpc) is 3.03. The van der Waals surface area contributed by atoms with Gasteiger partial charge in [-0.15, -0.1) is 0 Å². The van der Waals surface area contributed by atoms with Gasteiger partial charge in [0.25, 0.3) is 0 Å². The number of ether oxygens (including phenoxy) is 2. The van der Waals surface area contributed by atoms with Crippen LogP contribution in [0, 0.1) is 22.7 Å². The molecule has 0 radical (unpaired) electrons. The van der Waals surface area contributed by atoms with Gasteiger partial charge in [0.15, 0.2) is 5.78 Å². The smallest absolute Gasteiger partial charge is 0.159 e. The lowest BCUT2D eigenvalue weighted by Crippen LogP contribution is -2.56. The van der Waals surface area contributed by atoms with Gasteiger partial charge < -0.3 is 9.47 Å². The second-order valence-electron chi connectivity index (χ2n) is 13.0. The number of hydrogen-bond acceptors (Lipinski definition) is 4. The van der Waals surface area contributed by atoms with Crippen LogP contribution in [-0.4, -0.2) is 11.6 Å². The van der Waals surface area contributed by atoms with Crippen LogP contribution in [0.3, 0.4) is 0 Å². The molecule has 4 nitrogen and oxygen atoms in total. The predicted molar refractivity (Wildman–Crippen MR) is 172 cm³/mol. The molecule has 4 atom stereocenters. The number of carbonyl (C=O) groups excluding carboxylic acids is 2. The highest BCUT2D eigenvalue weighted by Gasteiger charge is 2.59. The van der Waals surface area contributed by atoms with Crippen molar-refractivity contribution in [2.45, 2.75) is 85.9 Å². The first-order valence-corrected chi connectivity index (χ1v) is 15.9. The number of carbonyl (C=O) groups is 2. The van der Waals surface area contributed by atoms with E-state index >= 15 is 0 Å². The fourth-order valence-corrected chi connectivity index (χ4v) is 7.61. The Morgan fingerprint density at radius 2 is 1.58 bits per heavy atom. The van der Waals surface area contributed by atoms with Crippen LogP contribution >= 0.6 is 0 Å². The maximum absolute atomic E-state index is 13.8. The van der Waals surface area contributed by atoms with Crippen molar-refractivity contribution < 1.29 is 19.1 Å². The maximum Gasteiger partial charge on any atom is 0.159 e. The molecule has 2 aliphatic carbocycles. The number of allylic oxidation sites excluding steroid dienone is 2. The maximum atomic E-state index is 13.8. The zero-order valence-corrected chi connectivity index (χ0v) is 26.2. The van der Waals surface area contributed by atoms with Crippen molar-refractivity contribution in [3.63, 3.8) is 0 Å². The number of benzene rings is 3. The van der Waals surface area contributed by atoms with Gasteiger partial charge in [-0.05, 0) is 104 Å². The minimum atomic E-state index is -0.590. The van der Waals surface area contributed by atoms with E-state index in [1.807, 2.05) is 68.5 Å². The number of rotatable bonds is 11. The monoisotopic (exact) mass is 578 g/mol. The molecule has 2 aliphatic rings. The fraction of sp³-hybridized carbons (Fsp3) is 0.436. The van der Waals surface area contributed by atoms with Crippen molar-refractivity contribution in [3.8, 4) is 11.5 Å². The summed E-state index contributed by atoms with van der Waals surface area (Å²) in [6.45, 7) is 9.45. The normalized spacial score (nSPS) is 25.6. The van der Waals surface area contributed by atoms with E-state index < -0.39 is 5.41 Å². The highest BCUT2D eigenvalue weighted by atomic mass is 16.5. The molecule has 5 rings (SSSR count). The molecule has 2 fully saturated rings. The number of hydrogen-bond donors (Lipinski definition) is 0. The zero-order valence-electron chi connectivity index (χ0n) is 26.2. The van der Waals surface area contributed by atoms with Gasteiger partial charge in [0, 0.05) is 18.3 Å². The lowest BCUT2D eigenvalue weighted by atomic mass is 9.45. The highest BCUT2D eigenvalue weighted by molar-refractivity contribution is 5.99. The fourth-order valence-electron chi connectivity index (χ4n) is 7.61. The first-order chi connectivity index (χ1) is 20.7. The van der Waals surface area contributed by atoms with E-state index in [0.29, 0.717) is 37.8 Å². The number of ketones is 2. The van der Waals surface area contributed by atoms with Gasteiger partial charge in [-0.1, -0.05) is 80.6 Å². The molecule has 0 unspecified atom stereocenters. The van der Waals surface area contributed by atoms with Gasteiger partial charge >= 0.3 is 0 Å². The molecule has 0 saturated heterocycles. The molecule has 3 aromatic rings. The van der Waals surface area contributed by atoms with Crippen molar-refractivity contribution in [2.75, 3.05) is 0 Å². The van der Waals surface area contributed by atoms with Crippen LogP contribution in [0.1, 0.15) is 82.9 Å². The standard InChI is InChI=1S/C39H46O4/c1-5-28(2)34(40)25-39-22-21-29(3)38(4,36(39)17-12-18-37(39)41)24-32-23-33(42-26-30-13-8-6-9-14-30)19-20-35(32)43-27-31-15-10-7-11-16-31/h5-11,13-16,19-20,23,29,36H,12,17-18,21-22,24-27H2,1-4H3/b28-5+/t29-,36+,38-,39+/m1/s1. The number of Topliss-reactive ketones (excluding diaryl/α,β-unsaturated/α-hetero) is 2. The molecule has 0 heterocycles. The van der Waals surface area contributed by atoms with Crippen LogP contribution in [-0.2, 0) is 29.2 Å². The van der Waals surface area contributed by atoms with E-state index in [9.17, 15) is 9.59 Å². The van der Waals surface area contributed by atoms with Gasteiger partial charge in [0.05, 0.1) is 0 Å². The average molecular weight is 579 g/mol. The summed E-state index contributed by atoms with van der Waals surface area (Å²) in [7, 11) is 0. The Balaban J connectivity index is 1.48. The van der Waals surface area contributed by atoms with Crippen molar-refractivity contribution in [3.05, 3.63) is 107 Å². The van der Waals surface area contributed by atoms with Gasteiger partial charge in [-0.3, -0.25) is 9.59 Å². The summed E-state index contributed by atoms with van der Waals surface area (Å²) in [6.07, 6.45) is 7.14. The van der Waals surface area contributed by atoms with Gasteiger partial charge in [-0.25, -0.2) is 0 Å². The zero-order chi connectivity index (χ0) is 30.5. The Morgan fingerprint density at radius 3 is 2.23 bits per heavy atom. The largest absolute Gasteiger partial charge is 0.489 e. The van der Waals surface area contributed by atoms with Crippen LogP contribution in [0.4, 0.5) is 0 Å². The Kier molecular flexibility index (Phi) is 9.54.